The predicted molar refractivity (Wildman–Crippen MR) is 62.4 cm³/mol. The fraction of sp³-hybridized carbons (Fsp3) is 0.0833. The molecule has 0 aliphatic heterocycles. The molecule has 0 amide bonds. The second-order valence-corrected chi connectivity index (χ2v) is 4.28. The Morgan fingerprint density at radius 2 is 2.00 bits per heavy atom. The van der Waals surface area contributed by atoms with Gasteiger partial charge in [-0.1, -0.05) is 18.2 Å². The summed E-state index contributed by atoms with van der Waals surface area (Å²) >= 11 is 3.25. The topological polar surface area (TPSA) is 33.1 Å². The molecule has 1 unspecified atom stereocenters. The maximum Gasteiger partial charge on any atom is 0.129 e. The molecule has 0 saturated carbocycles. The number of nitrogens with zero attached hydrogens (tertiary/aromatic N) is 1. The largest absolute Gasteiger partial charge is 0.383 e. The van der Waals surface area contributed by atoms with Crippen LogP contribution in [0.1, 0.15) is 17.2 Å². The van der Waals surface area contributed by atoms with Crippen molar-refractivity contribution in [2.24, 2.45) is 0 Å². The van der Waals surface area contributed by atoms with Crippen molar-refractivity contribution in [3.8, 4) is 0 Å². The van der Waals surface area contributed by atoms with Crippen molar-refractivity contribution in [2.75, 3.05) is 0 Å². The number of benzene rings is 1. The van der Waals surface area contributed by atoms with E-state index in [0.29, 0.717) is 5.56 Å². The third-order valence-electron chi connectivity index (χ3n) is 2.24. The highest BCUT2D eigenvalue weighted by molar-refractivity contribution is 9.10. The number of aliphatic hydroxyl groups is 1. The number of hydrogen-bond acceptors (Lipinski definition) is 2. The molecule has 1 N–H and O–H groups in total. The van der Waals surface area contributed by atoms with Gasteiger partial charge in [-0.2, -0.15) is 0 Å². The highest BCUT2D eigenvalue weighted by Gasteiger charge is 2.14. The molecule has 0 aliphatic carbocycles. The number of hydrogen-bond donors (Lipinski definition) is 1. The van der Waals surface area contributed by atoms with Crippen LogP contribution in [0.25, 0.3) is 0 Å². The minimum Gasteiger partial charge on any atom is -0.383 e. The van der Waals surface area contributed by atoms with Gasteiger partial charge in [-0.05, 0) is 28.1 Å². The molecule has 1 aromatic heterocycles. The predicted octanol–water partition coefficient (Wildman–Crippen LogP) is 3.06. The van der Waals surface area contributed by atoms with E-state index in [1.165, 1.54) is 12.3 Å². The Labute approximate surface area is 101 Å². The van der Waals surface area contributed by atoms with Crippen molar-refractivity contribution < 1.29 is 9.50 Å². The second kappa shape index (κ2) is 4.72. The minimum absolute atomic E-state index is 0.252. The third kappa shape index (κ3) is 2.28. The summed E-state index contributed by atoms with van der Waals surface area (Å²) in [4.78, 5) is 3.93. The molecule has 1 aromatic carbocycles. The van der Waals surface area contributed by atoms with E-state index in [-0.39, 0.29) is 5.56 Å². The molecule has 2 aromatic rings. The molecule has 0 radical (unpaired) electrons. The lowest BCUT2D eigenvalue weighted by molar-refractivity contribution is 0.214. The molecule has 0 saturated heterocycles. The summed E-state index contributed by atoms with van der Waals surface area (Å²) in [5, 5.41) is 10.00. The summed E-state index contributed by atoms with van der Waals surface area (Å²) in [5.41, 5.74) is 0.807. The van der Waals surface area contributed by atoms with Crippen LogP contribution in [0.2, 0.25) is 0 Å². The number of rotatable bonds is 2. The van der Waals surface area contributed by atoms with Crippen LogP contribution in [-0.4, -0.2) is 10.1 Å². The molecule has 0 bridgehead atoms. The summed E-state index contributed by atoms with van der Waals surface area (Å²) in [6.45, 7) is 0. The van der Waals surface area contributed by atoms with E-state index < -0.39 is 11.9 Å². The van der Waals surface area contributed by atoms with Gasteiger partial charge < -0.3 is 5.11 Å². The van der Waals surface area contributed by atoms with E-state index in [0.717, 1.165) is 4.47 Å². The highest BCUT2D eigenvalue weighted by atomic mass is 79.9. The van der Waals surface area contributed by atoms with Crippen molar-refractivity contribution in [2.45, 2.75) is 6.10 Å². The van der Waals surface area contributed by atoms with Gasteiger partial charge in [0.1, 0.15) is 11.9 Å². The number of aromatic nitrogens is 1. The van der Waals surface area contributed by atoms with E-state index in [4.69, 9.17) is 0 Å². The van der Waals surface area contributed by atoms with E-state index in [1.807, 2.05) is 0 Å². The van der Waals surface area contributed by atoms with Gasteiger partial charge in [0, 0.05) is 28.0 Å². The van der Waals surface area contributed by atoms with E-state index in [2.05, 4.69) is 20.9 Å². The summed E-state index contributed by atoms with van der Waals surface area (Å²) in [7, 11) is 0. The zero-order valence-corrected chi connectivity index (χ0v) is 9.86. The quantitative estimate of drug-likeness (QED) is 0.918. The first-order valence-electron chi connectivity index (χ1n) is 4.71. The zero-order valence-electron chi connectivity index (χ0n) is 8.27. The zero-order chi connectivity index (χ0) is 11.5. The average molecular weight is 282 g/mol. The van der Waals surface area contributed by atoms with Crippen LogP contribution in [0, 0.1) is 5.82 Å². The smallest absolute Gasteiger partial charge is 0.129 e. The third-order valence-corrected chi connectivity index (χ3v) is 2.68. The van der Waals surface area contributed by atoms with Crippen molar-refractivity contribution in [3.05, 3.63) is 64.1 Å². The summed E-state index contributed by atoms with van der Waals surface area (Å²) in [5.74, 6) is -0.421. The average Bonchev–Trinajstić information content (AvgIpc) is 2.29. The summed E-state index contributed by atoms with van der Waals surface area (Å²) in [6.07, 6.45) is 2.13. The first-order chi connectivity index (χ1) is 7.68. The number of halogens is 2. The van der Waals surface area contributed by atoms with Gasteiger partial charge >= 0.3 is 0 Å². The molecule has 2 nitrogen and oxygen atoms in total. The van der Waals surface area contributed by atoms with E-state index in [1.54, 1.807) is 30.5 Å². The fourth-order valence-electron chi connectivity index (χ4n) is 1.45. The minimum atomic E-state index is -0.994. The lowest BCUT2D eigenvalue weighted by atomic mass is 10.0. The Balaban J connectivity index is 2.39. The Hall–Kier alpha value is -1.26. The molecule has 82 valence electrons. The summed E-state index contributed by atoms with van der Waals surface area (Å²) < 4.78 is 14.2. The number of pyridine rings is 1. The Morgan fingerprint density at radius 1 is 1.25 bits per heavy atom. The SMILES string of the molecule is OC(c1cncc(Br)c1)c1ccccc1F. The number of aliphatic hydroxyl groups excluding tert-OH is 1. The fourth-order valence-corrected chi connectivity index (χ4v) is 1.84. The maximum absolute atomic E-state index is 13.4. The van der Waals surface area contributed by atoms with Crippen molar-refractivity contribution in [3.63, 3.8) is 0 Å². The molecular weight excluding hydrogens is 273 g/mol. The molecule has 0 spiro atoms. The van der Waals surface area contributed by atoms with Gasteiger partial charge in [0.15, 0.2) is 0 Å². The first kappa shape index (κ1) is 11.2. The first-order valence-corrected chi connectivity index (χ1v) is 5.50. The van der Waals surface area contributed by atoms with Crippen LogP contribution in [-0.2, 0) is 0 Å². The van der Waals surface area contributed by atoms with Gasteiger partial charge in [0.05, 0.1) is 0 Å². The van der Waals surface area contributed by atoms with Crippen molar-refractivity contribution in [1.29, 1.82) is 0 Å². The monoisotopic (exact) mass is 281 g/mol. The second-order valence-electron chi connectivity index (χ2n) is 3.36. The van der Waals surface area contributed by atoms with Crippen LogP contribution >= 0.6 is 15.9 Å². The molecule has 2 rings (SSSR count). The standard InChI is InChI=1S/C12H9BrFNO/c13-9-5-8(6-15-7-9)12(16)10-3-1-2-4-11(10)14/h1-7,12,16H. The normalized spacial score (nSPS) is 12.4. The van der Waals surface area contributed by atoms with Gasteiger partial charge in [0.25, 0.3) is 0 Å². The molecule has 4 heteroatoms. The molecule has 0 aliphatic rings. The lowest BCUT2D eigenvalue weighted by Gasteiger charge is -2.11. The van der Waals surface area contributed by atoms with Crippen molar-refractivity contribution in [1.82, 2.24) is 4.98 Å². The molecule has 1 atom stereocenters. The Kier molecular flexibility index (Phi) is 3.31. The molecule has 1 heterocycles. The van der Waals surface area contributed by atoms with Crippen LogP contribution < -0.4 is 0 Å². The Morgan fingerprint density at radius 3 is 2.69 bits per heavy atom. The molecular formula is C12H9BrFNO. The Bertz CT molecular complexity index is 504. The van der Waals surface area contributed by atoms with E-state index >= 15 is 0 Å². The maximum atomic E-state index is 13.4. The highest BCUT2D eigenvalue weighted by Crippen LogP contribution is 2.25. The van der Waals surface area contributed by atoms with Gasteiger partial charge in [-0.3, -0.25) is 4.98 Å². The molecule has 16 heavy (non-hydrogen) atoms. The van der Waals surface area contributed by atoms with Crippen LogP contribution in [0.15, 0.2) is 47.2 Å². The van der Waals surface area contributed by atoms with Gasteiger partial charge in [-0.25, -0.2) is 4.39 Å². The molecule has 0 fully saturated rings. The summed E-state index contributed by atoms with van der Waals surface area (Å²) in [6, 6.07) is 7.87. The van der Waals surface area contributed by atoms with E-state index in [9.17, 15) is 9.50 Å². The van der Waals surface area contributed by atoms with Crippen molar-refractivity contribution >= 4 is 15.9 Å². The van der Waals surface area contributed by atoms with Crippen LogP contribution in [0.5, 0.6) is 0 Å². The van der Waals surface area contributed by atoms with Crippen LogP contribution in [0.3, 0.4) is 0 Å². The van der Waals surface area contributed by atoms with Gasteiger partial charge in [0.2, 0.25) is 0 Å². The van der Waals surface area contributed by atoms with Gasteiger partial charge in [-0.15, -0.1) is 0 Å². The lowest BCUT2D eigenvalue weighted by Crippen LogP contribution is -2.02. The van der Waals surface area contributed by atoms with Crippen LogP contribution in [0.4, 0.5) is 4.39 Å².